The van der Waals surface area contributed by atoms with Crippen LogP contribution in [0.3, 0.4) is 0 Å². The lowest BCUT2D eigenvalue weighted by Gasteiger charge is -2.44. The van der Waals surface area contributed by atoms with E-state index in [2.05, 4.69) is 18.9 Å². The van der Waals surface area contributed by atoms with E-state index >= 15 is 0 Å². The molecule has 2 fully saturated rings. The fourth-order valence-corrected chi connectivity index (χ4v) is 3.07. The molecule has 0 aromatic heterocycles. The summed E-state index contributed by atoms with van der Waals surface area (Å²) in [5.74, 6) is 0.772. The quantitative estimate of drug-likeness (QED) is 0.618. The summed E-state index contributed by atoms with van der Waals surface area (Å²) in [4.78, 5) is 2.44. The minimum absolute atomic E-state index is 0.132. The normalized spacial score (nSPS) is 41.5. The minimum atomic E-state index is 0.132. The average Bonchev–Trinajstić information content (AvgIpc) is 2.50. The Morgan fingerprint density at radius 1 is 1.46 bits per heavy atom. The second-order valence-corrected chi connectivity index (χ2v) is 4.47. The van der Waals surface area contributed by atoms with E-state index in [-0.39, 0.29) is 5.72 Å². The largest absolute Gasteiger partial charge is 0.359 e. The van der Waals surface area contributed by atoms with Crippen molar-refractivity contribution in [1.82, 2.24) is 4.90 Å². The number of nitrogens with zero attached hydrogens (tertiary/aromatic N) is 1. The van der Waals surface area contributed by atoms with E-state index in [9.17, 15) is 0 Å². The molecule has 0 bridgehead atoms. The Morgan fingerprint density at radius 3 is 2.92 bits per heavy atom. The van der Waals surface area contributed by atoms with Crippen molar-refractivity contribution in [3.05, 3.63) is 0 Å². The van der Waals surface area contributed by atoms with Crippen LogP contribution in [-0.2, 0) is 4.74 Å². The predicted molar refractivity (Wildman–Crippen MR) is 53.6 cm³/mol. The molecule has 2 nitrogen and oxygen atoms in total. The van der Waals surface area contributed by atoms with Gasteiger partial charge in [0.1, 0.15) is 5.72 Å². The number of hydrogen-bond donors (Lipinski definition) is 0. The lowest BCUT2D eigenvalue weighted by Crippen LogP contribution is -2.50. The van der Waals surface area contributed by atoms with E-state index in [1.165, 1.54) is 32.1 Å². The number of hydrogen-bond acceptors (Lipinski definition) is 2. The van der Waals surface area contributed by atoms with Gasteiger partial charge in [-0.25, -0.2) is 0 Å². The van der Waals surface area contributed by atoms with E-state index in [4.69, 9.17) is 4.74 Å². The number of rotatable bonds is 1. The maximum atomic E-state index is 6.02. The fraction of sp³-hybridized carbons (Fsp3) is 1.00. The van der Waals surface area contributed by atoms with E-state index in [1.54, 1.807) is 0 Å². The summed E-state index contributed by atoms with van der Waals surface area (Å²) >= 11 is 0. The van der Waals surface area contributed by atoms with Gasteiger partial charge >= 0.3 is 0 Å². The molecule has 0 aromatic carbocycles. The molecule has 1 heterocycles. The summed E-state index contributed by atoms with van der Waals surface area (Å²) in [7, 11) is 2.22. The zero-order valence-electron chi connectivity index (χ0n) is 8.88. The summed E-state index contributed by atoms with van der Waals surface area (Å²) in [5.41, 5.74) is 0.132. The first-order chi connectivity index (χ1) is 6.29. The first-order valence-corrected chi connectivity index (χ1v) is 5.65. The SMILES string of the molecule is CCC1CCCCC12OCCN2C. The van der Waals surface area contributed by atoms with Crippen LogP contribution in [0.25, 0.3) is 0 Å². The van der Waals surface area contributed by atoms with Crippen molar-refractivity contribution < 1.29 is 4.74 Å². The maximum Gasteiger partial charge on any atom is 0.124 e. The zero-order chi connectivity index (χ0) is 9.31. The summed E-state index contributed by atoms with van der Waals surface area (Å²) in [6, 6.07) is 0. The lowest BCUT2D eigenvalue weighted by molar-refractivity contribution is -0.139. The van der Waals surface area contributed by atoms with Crippen LogP contribution in [0.2, 0.25) is 0 Å². The molecule has 13 heavy (non-hydrogen) atoms. The van der Waals surface area contributed by atoms with Gasteiger partial charge in [-0.15, -0.1) is 0 Å². The van der Waals surface area contributed by atoms with Gasteiger partial charge in [0.25, 0.3) is 0 Å². The predicted octanol–water partition coefficient (Wildman–Crippen LogP) is 2.24. The lowest BCUT2D eigenvalue weighted by atomic mass is 9.79. The summed E-state index contributed by atoms with van der Waals surface area (Å²) < 4.78 is 6.02. The topological polar surface area (TPSA) is 12.5 Å². The molecular formula is C11H21NO. The van der Waals surface area contributed by atoms with Crippen molar-refractivity contribution >= 4 is 0 Å². The highest BCUT2D eigenvalue weighted by Gasteiger charge is 2.46. The van der Waals surface area contributed by atoms with Crippen molar-refractivity contribution in [3.8, 4) is 0 Å². The van der Waals surface area contributed by atoms with Gasteiger partial charge in [-0.3, -0.25) is 4.90 Å². The number of ether oxygens (including phenoxy) is 1. The third-order valence-corrected chi connectivity index (χ3v) is 3.89. The molecule has 2 heteroatoms. The molecule has 0 aromatic rings. The Hall–Kier alpha value is -0.0800. The minimum Gasteiger partial charge on any atom is -0.359 e. The van der Waals surface area contributed by atoms with Gasteiger partial charge in [-0.05, 0) is 32.7 Å². The van der Waals surface area contributed by atoms with Crippen molar-refractivity contribution in [3.63, 3.8) is 0 Å². The van der Waals surface area contributed by atoms with E-state index in [1.807, 2.05) is 0 Å². The fourth-order valence-electron chi connectivity index (χ4n) is 3.07. The molecule has 2 unspecified atom stereocenters. The van der Waals surface area contributed by atoms with Gasteiger partial charge in [0.2, 0.25) is 0 Å². The van der Waals surface area contributed by atoms with Crippen LogP contribution in [0.15, 0.2) is 0 Å². The van der Waals surface area contributed by atoms with E-state index in [0.29, 0.717) is 0 Å². The molecule has 1 aliphatic heterocycles. The Balaban J connectivity index is 2.15. The Bertz CT molecular complexity index is 183. The Morgan fingerprint density at radius 2 is 2.31 bits per heavy atom. The summed E-state index contributed by atoms with van der Waals surface area (Å²) in [6.45, 7) is 4.36. The Kier molecular flexibility index (Phi) is 2.61. The standard InChI is InChI=1S/C11H21NO/c1-3-10-6-4-5-7-11(10)12(2)8-9-13-11/h10H,3-9H2,1-2H3. The highest BCUT2D eigenvalue weighted by atomic mass is 16.5. The molecule has 1 saturated carbocycles. The van der Waals surface area contributed by atoms with Crippen LogP contribution in [-0.4, -0.2) is 30.8 Å². The highest BCUT2D eigenvalue weighted by Crippen LogP contribution is 2.42. The molecular weight excluding hydrogens is 162 g/mol. The van der Waals surface area contributed by atoms with Gasteiger partial charge in [0.15, 0.2) is 0 Å². The smallest absolute Gasteiger partial charge is 0.124 e. The average molecular weight is 183 g/mol. The molecule has 2 atom stereocenters. The van der Waals surface area contributed by atoms with Crippen molar-refractivity contribution in [2.75, 3.05) is 20.2 Å². The highest BCUT2D eigenvalue weighted by molar-refractivity contribution is 4.93. The molecule has 0 radical (unpaired) electrons. The molecule has 1 spiro atoms. The molecule has 2 aliphatic rings. The third-order valence-electron chi connectivity index (χ3n) is 3.89. The molecule has 1 aliphatic carbocycles. The van der Waals surface area contributed by atoms with Crippen LogP contribution >= 0.6 is 0 Å². The molecule has 0 N–H and O–H groups in total. The van der Waals surface area contributed by atoms with Gasteiger partial charge in [0, 0.05) is 12.5 Å². The number of likely N-dealkylation sites (N-methyl/N-ethyl adjacent to an activating group) is 1. The van der Waals surface area contributed by atoms with Crippen LogP contribution in [0, 0.1) is 5.92 Å². The van der Waals surface area contributed by atoms with Gasteiger partial charge < -0.3 is 4.74 Å². The van der Waals surface area contributed by atoms with Crippen LogP contribution in [0.1, 0.15) is 39.0 Å². The van der Waals surface area contributed by atoms with Crippen molar-refractivity contribution in [2.24, 2.45) is 5.92 Å². The van der Waals surface area contributed by atoms with Gasteiger partial charge in [-0.2, -0.15) is 0 Å². The monoisotopic (exact) mass is 183 g/mol. The molecule has 76 valence electrons. The van der Waals surface area contributed by atoms with Gasteiger partial charge in [-0.1, -0.05) is 13.3 Å². The molecule has 2 rings (SSSR count). The maximum absolute atomic E-state index is 6.02. The summed E-state index contributed by atoms with van der Waals surface area (Å²) in [5, 5.41) is 0. The summed E-state index contributed by atoms with van der Waals surface area (Å²) in [6.07, 6.45) is 6.63. The molecule has 1 saturated heterocycles. The van der Waals surface area contributed by atoms with Gasteiger partial charge in [0.05, 0.1) is 6.61 Å². The first kappa shape index (κ1) is 9.47. The van der Waals surface area contributed by atoms with E-state index in [0.717, 1.165) is 19.1 Å². The van der Waals surface area contributed by atoms with E-state index < -0.39 is 0 Å². The van der Waals surface area contributed by atoms with Crippen molar-refractivity contribution in [1.29, 1.82) is 0 Å². The van der Waals surface area contributed by atoms with Crippen LogP contribution < -0.4 is 0 Å². The molecule has 0 amide bonds. The van der Waals surface area contributed by atoms with Crippen molar-refractivity contribution in [2.45, 2.75) is 44.8 Å². The zero-order valence-corrected chi connectivity index (χ0v) is 8.88. The Labute approximate surface area is 81.3 Å². The third kappa shape index (κ3) is 1.40. The van der Waals surface area contributed by atoms with Crippen LogP contribution in [0.5, 0.6) is 0 Å². The second-order valence-electron chi connectivity index (χ2n) is 4.47. The second kappa shape index (κ2) is 3.58. The van der Waals surface area contributed by atoms with Crippen LogP contribution in [0.4, 0.5) is 0 Å². The first-order valence-electron chi connectivity index (χ1n) is 5.65.